The predicted octanol–water partition coefficient (Wildman–Crippen LogP) is 2.83. The van der Waals surface area contributed by atoms with Gasteiger partial charge in [0.15, 0.2) is 5.75 Å². The molecule has 1 fully saturated rings. The van der Waals surface area contributed by atoms with Gasteiger partial charge < -0.3 is 25.3 Å². The Bertz CT molecular complexity index is 951. The molecule has 140 valence electrons. The van der Waals surface area contributed by atoms with Crippen molar-refractivity contribution in [2.24, 2.45) is 5.73 Å². The molecule has 7 nitrogen and oxygen atoms in total. The van der Waals surface area contributed by atoms with Crippen LogP contribution in [0.2, 0.25) is 0 Å². The van der Waals surface area contributed by atoms with Crippen molar-refractivity contribution < 1.29 is 9.53 Å². The Balaban J connectivity index is 1.59. The van der Waals surface area contributed by atoms with E-state index in [1.54, 1.807) is 12.1 Å². The third kappa shape index (κ3) is 3.73. The number of benzene rings is 2. The van der Waals surface area contributed by atoms with Crippen LogP contribution in [0.25, 0.3) is 22.4 Å². The number of nitrogens with zero attached hydrogens (tertiary/aromatic N) is 3. The molecule has 1 saturated heterocycles. The molecule has 1 aliphatic rings. The number of primary amides is 1. The lowest BCUT2D eigenvalue weighted by atomic mass is 10.2. The minimum atomic E-state index is -0.848. The summed E-state index contributed by atoms with van der Waals surface area (Å²) in [5.74, 6) is 1.08. The summed E-state index contributed by atoms with van der Waals surface area (Å²) < 4.78 is 5.04. The van der Waals surface area contributed by atoms with Crippen molar-refractivity contribution in [1.82, 2.24) is 14.9 Å². The van der Waals surface area contributed by atoms with E-state index in [9.17, 15) is 4.79 Å². The number of amides is 1. The first-order chi connectivity index (χ1) is 13.1. The zero-order valence-electron chi connectivity index (χ0n) is 15.3. The maximum atomic E-state index is 11.1. The first-order valence-corrected chi connectivity index (χ1v) is 9.10. The Morgan fingerprint density at radius 3 is 2.70 bits per heavy atom. The number of para-hydroxylation sites is 1. The third-order valence-corrected chi connectivity index (χ3v) is 4.91. The number of ether oxygens (including phenoxy) is 1. The van der Waals surface area contributed by atoms with Crippen molar-refractivity contribution >= 4 is 22.8 Å². The Morgan fingerprint density at radius 1 is 1.11 bits per heavy atom. The molecule has 3 N–H and O–H groups in total. The van der Waals surface area contributed by atoms with Crippen molar-refractivity contribution in [3.63, 3.8) is 0 Å². The van der Waals surface area contributed by atoms with E-state index in [2.05, 4.69) is 51.1 Å². The quantitative estimate of drug-likeness (QED) is 0.745. The molecule has 0 aliphatic carbocycles. The van der Waals surface area contributed by atoms with Crippen molar-refractivity contribution in [3.8, 4) is 17.1 Å². The molecule has 1 aromatic heterocycles. The second kappa shape index (κ2) is 7.28. The van der Waals surface area contributed by atoms with Gasteiger partial charge in [0.25, 0.3) is 0 Å². The Morgan fingerprint density at radius 2 is 1.93 bits per heavy atom. The molecule has 0 unspecified atom stereocenters. The standard InChI is InChI=1S/C20H23N5O2/c1-24-10-3-11-25(13-12-24)15-8-6-14(7-9-15)19-22-16-4-2-5-17(18(16)23-19)27-20(21)26/h2,4-9H,3,10-13H2,1H3,(H2,21,26)(H,22,23). The van der Waals surface area contributed by atoms with Crippen LogP contribution in [0.15, 0.2) is 42.5 Å². The molecule has 0 radical (unpaired) electrons. The van der Waals surface area contributed by atoms with Crippen LogP contribution in [0.1, 0.15) is 6.42 Å². The van der Waals surface area contributed by atoms with E-state index in [-0.39, 0.29) is 0 Å². The van der Waals surface area contributed by atoms with E-state index >= 15 is 0 Å². The van der Waals surface area contributed by atoms with Crippen molar-refractivity contribution in [2.75, 3.05) is 38.1 Å². The minimum Gasteiger partial charge on any atom is -0.408 e. The summed E-state index contributed by atoms with van der Waals surface area (Å²) in [4.78, 5) is 23.7. The number of carbonyl (C=O) groups is 1. The predicted molar refractivity (Wildman–Crippen MR) is 106 cm³/mol. The topological polar surface area (TPSA) is 87.5 Å². The fourth-order valence-corrected chi connectivity index (χ4v) is 3.47. The fraction of sp³-hybridized carbons (Fsp3) is 0.300. The molecule has 0 bridgehead atoms. The fourth-order valence-electron chi connectivity index (χ4n) is 3.47. The van der Waals surface area contributed by atoms with Gasteiger partial charge in [-0.2, -0.15) is 0 Å². The number of likely N-dealkylation sites (N-methyl/N-ethyl adjacent to an activating group) is 1. The zero-order chi connectivity index (χ0) is 18.8. The molecule has 0 spiro atoms. The van der Waals surface area contributed by atoms with E-state index in [1.807, 2.05) is 6.07 Å². The van der Waals surface area contributed by atoms with Crippen LogP contribution >= 0.6 is 0 Å². The number of aromatic nitrogens is 2. The molecule has 1 aliphatic heterocycles. The largest absolute Gasteiger partial charge is 0.410 e. The average molecular weight is 365 g/mol. The minimum absolute atomic E-state index is 0.354. The smallest absolute Gasteiger partial charge is 0.408 e. The number of rotatable bonds is 3. The number of anilines is 1. The Hall–Kier alpha value is -3.06. The van der Waals surface area contributed by atoms with E-state index in [0.717, 1.165) is 43.1 Å². The number of nitrogens with one attached hydrogen (secondary N) is 1. The van der Waals surface area contributed by atoms with Gasteiger partial charge in [0, 0.05) is 30.9 Å². The Labute approximate surface area is 157 Å². The van der Waals surface area contributed by atoms with Crippen LogP contribution in [0.5, 0.6) is 5.75 Å². The van der Waals surface area contributed by atoms with Crippen molar-refractivity contribution in [2.45, 2.75) is 6.42 Å². The lowest BCUT2D eigenvalue weighted by Gasteiger charge is -2.22. The van der Waals surface area contributed by atoms with Crippen LogP contribution in [-0.2, 0) is 0 Å². The van der Waals surface area contributed by atoms with E-state index in [4.69, 9.17) is 10.5 Å². The molecule has 0 saturated carbocycles. The third-order valence-electron chi connectivity index (χ3n) is 4.91. The van der Waals surface area contributed by atoms with Gasteiger partial charge in [-0.25, -0.2) is 9.78 Å². The SMILES string of the molecule is CN1CCCN(c2ccc(-c3nc4c(OC(N)=O)cccc4[nH]3)cc2)CC1. The van der Waals surface area contributed by atoms with E-state index in [0.29, 0.717) is 11.3 Å². The van der Waals surface area contributed by atoms with Gasteiger partial charge in [0.2, 0.25) is 0 Å². The number of H-pyrrole nitrogens is 1. The molecular formula is C20H23N5O2. The second-order valence-corrected chi connectivity index (χ2v) is 6.85. The molecule has 2 aromatic carbocycles. The molecule has 2 heterocycles. The normalized spacial score (nSPS) is 15.7. The number of hydrogen-bond donors (Lipinski definition) is 2. The molecule has 4 rings (SSSR count). The molecule has 0 atom stereocenters. The monoisotopic (exact) mass is 365 g/mol. The summed E-state index contributed by atoms with van der Waals surface area (Å²) in [6, 6.07) is 13.8. The van der Waals surface area contributed by atoms with Gasteiger partial charge in [-0.05, 0) is 56.4 Å². The number of fused-ring (bicyclic) bond motifs is 1. The summed E-state index contributed by atoms with van der Waals surface area (Å²) in [7, 11) is 2.17. The molecule has 1 amide bonds. The summed E-state index contributed by atoms with van der Waals surface area (Å²) in [5.41, 5.74) is 8.72. The first kappa shape index (κ1) is 17.4. The van der Waals surface area contributed by atoms with Crippen molar-refractivity contribution in [1.29, 1.82) is 0 Å². The van der Waals surface area contributed by atoms with E-state index < -0.39 is 6.09 Å². The van der Waals surface area contributed by atoms with Crippen LogP contribution in [0.4, 0.5) is 10.5 Å². The van der Waals surface area contributed by atoms with Gasteiger partial charge in [-0.1, -0.05) is 6.07 Å². The summed E-state index contributed by atoms with van der Waals surface area (Å²) >= 11 is 0. The Kier molecular flexibility index (Phi) is 4.68. The van der Waals surface area contributed by atoms with E-state index in [1.165, 1.54) is 12.1 Å². The highest BCUT2D eigenvalue weighted by Gasteiger charge is 2.14. The maximum Gasteiger partial charge on any atom is 0.410 e. The number of hydrogen-bond acceptors (Lipinski definition) is 5. The highest BCUT2D eigenvalue weighted by Crippen LogP contribution is 2.28. The summed E-state index contributed by atoms with van der Waals surface area (Å²) in [6.45, 7) is 4.33. The van der Waals surface area contributed by atoms with Gasteiger partial charge in [-0.3, -0.25) is 0 Å². The highest BCUT2D eigenvalue weighted by molar-refractivity contribution is 5.87. The van der Waals surface area contributed by atoms with Crippen LogP contribution < -0.4 is 15.4 Å². The van der Waals surface area contributed by atoms with Gasteiger partial charge in [-0.15, -0.1) is 0 Å². The van der Waals surface area contributed by atoms with Crippen LogP contribution in [-0.4, -0.2) is 54.2 Å². The number of aromatic amines is 1. The van der Waals surface area contributed by atoms with Crippen molar-refractivity contribution in [3.05, 3.63) is 42.5 Å². The summed E-state index contributed by atoms with van der Waals surface area (Å²) in [6.07, 6.45) is 0.323. The molecule has 3 aromatic rings. The number of nitrogens with two attached hydrogens (primary N) is 1. The lowest BCUT2D eigenvalue weighted by Crippen LogP contribution is -2.28. The number of imidazole rings is 1. The average Bonchev–Trinajstić information content (AvgIpc) is 2.98. The lowest BCUT2D eigenvalue weighted by molar-refractivity contribution is 0.211. The highest BCUT2D eigenvalue weighted by atomic mass is 16.5. The van der Waals surface area contributed by atoms with Gasteiger partial charge in [0.05, 0.1) is 5.52 Å². The molecule has 27 heavy (non-hydrogen) atoms. The number of carbonyl (C=O) groups excluding carboxylic acids is 1. The van der Waals surface area contributed by atoms with Crippen LogP contribution in [0.3, 0.4) is 0 Å². The maximum absolute atomic E-state index is 11.1. The zero-order valence-corrected chi connectivity index (χ0v) is 15.3. The molecule has 7 heteroatoms. The van der Waals surface area contributed by atoms with Crippen LogP contribution in [0, 0.1) is 0 Å². The first-order valence-electron chi connectivity index (χ1n) is 9.10. The summed E-state index contributed by atoms with van der Waals surface area (Å²) in [5, 5.41) is 0. The van der Waals surface area contributed by atoms with Gasteiger partial charge in [0.1, 0.15) is 11.3 Å². The second-order valence-electron chi connectivity index (χ2n) is 6.85. The molecular weight excluding hydrogens is 342 g/mol. The van der Waals surface area contributed by atoms with Gasteiger partial charge >= 0.3 is 6.09 Å².